The van der Waals surface area contributed by atoms with Crippen LogP contribution in [0.4, 0.5) is 21.5 Å². The number of ether oxygens (including phenoxy) is 1. The molecule has 12 nitrogen and oxygen atoms in total. The number of nitro groups is 1. The summed E-state index contributed by atoms with van der Waals surface area (Å²) >= 11 is 0. The summed E-state index contributed by atoms with van der Waals surface area (Å²) in [4.78, 5) is 53.3. The van der Waals surface area contributed by atoms with Crippen LogP contribution in [-0.4, -0.2) is 52.6 Å². The number of rotatable bonds is 12. The van der Waals surface area contributed by atoms with Crippen LogP contribution in [0.5, 0.6) is 5.75 Å². The molecule has 0 radical (unpaired) electrons. The predicted molar refractivity (Wildman–Crippen MR) is 156 cm³/mol. The van der Waals surface area contributed by atoms with Crippen molar-refractivity contribution in [2.75, 3.05) is 36.5 Å². The lowest BCUT2D eigenvalue weighted by molar-refractivity contribution is -0.384. The molecule has 0 saturated heterocycles. The van der Waals surface area contributed by atoms with E-state index in [4.69, 9.17) is 10.5 Å². The lowest BCUT2D eigenvalue weighted by Gasteiger charge is -2.24. The van der Waals surface area contributed by atoms with Crippen molar-refractivity contribution < 1.29 is 23.6 Å². The summed E-state index contributed by atoms with van der Waals surface area (Å²) in [6.07, 6.45) is 0. The Morgan fingerprint density at radius 3 is 2.24 bits per heavy atom. The first-order valence-corrected chi connectivity index (χ1v) is 13.2. The third kappa shape index (κ3) is 6.09. The fourth-order valence-electron chi connectivity index (χ4n) is 4.90. The molecule has 0 unspecified atom stereocenters. The number of primary amides is 1. The second-order valence-corrected chi connectivity index (χ2v) is 9.48. The van der Waals surface area contributed by atoms with Crippen LogP contribution < -0.4 is 26.0 Å². The van der Waals surface area contributed by atoms with Gasteiger partial charge in [0, 0.05) is 42.2 Å². The zero-order valence-electron chi connectivity index (χ0n) is 23.4. The minimum atomic E-state index is -0.755. The zero-order valence-corrected chi connectivity index (χ0v) is 23.4. The summed E-state index contributed by atoms with van der Waals surface area (Å²) < 4.78 is 22.1. The zero-order chi connectivity index (χ0) is 30.6. The van der Waals surface area contributed by atoms with Gasteiger partial charge in [-0.15, -0.1) is 0 Å². The standard InChI is InChI=1S/C29H31FN6O6/c1-4-32(5-2)21-7-9-22(10-8-21)33(17-27(31)37)28(38)18-35-25-15-20(30)6-12-24(25)34(29(35)39)16-19-14-23(36(40)41)11-13-26(19)42-3/h6-15H,4-5,16-18H2,1-3H3,(H2,31,37). The minimum Gasteiger partial charge on any atom is -0.496 e. The molecule has 2 amide bonds. The number of aromatic nitrogens is 2. The number of nitrogens with zero attached hydrogens (tertiary/aromatic N) is 5. The van der Waals surface area contributed by atoms with Crippen LogP contribution in [0.1, 0.15) is 19.4 Å². The average molecular weight is 579 g/mol. The van der Waals surface area contributed by atoms with Gasteiger partial charge in [-0.3, -0.25) is 28.8 Å². The maximum absolute atomic E-state index is 14.4. The summed E-state index contributed by atoms with van der Waals surface area (Å²) in [7, 11) is 1.40. The molecule has 0 fully saturated rings. The number of nitro benzene ring substituents is 1. The van der Waals surface area contributed by atoms with E-state index < -0.39 is 41.3 Å². The number of non-ortho nitro benzene ring substituents is 1. The van der Waals surface area contributed by atoms with Crippen LogP contribution in [0.3, 0.4) is 0 Å². The molecule has 42 heavy (non-hydrogen) atoms. The Kier molecular flexibility index (Phi) is 8.89. The van der Waals surface area contributed by atoms with Gasteiger partial charge in [0.05, 0.1) is 29.6 Å². The van der Waals surface area contributed by atoms with Crippen molar-refractivity contribution in [1.29, 1.82) is 0 Å². The monoisotopic (exact) mass is 578 g/mol. The Hall–Kier alpha value is -5.20. The molecule has 1 aromatic heterocycles. The molecule has 0 saturated carbocycles. The van der Waals surface area contributed by atoms with Gasteiger partial charge in [-0.25, -0.2) is 9.18 Å². The normalized spacial score (nSPS) is 11.0. The molecule has 3 aromatic carbocycles. The van der Waals surface area contributed by atoms with Crippen LogP contribution in [0, 0.1) is 15.9 Å². The minimum absolute atomic E-state index is 0.133. The highest BCUT2D eigenvalue weighted by molar-refractivity contribution is 5.99. The highest BCUT2D eigenvalue weighted by atomic mass is 19.1. The Labute approximate surface area is 240 Å². The van der Waals surface area contributed by atoms with Gasteiger partial charge in [0.2, 0.25) is 11.8 Å². The van der Waals surface area contributed by atoms with Crippen molar-refractivity contribution in [1.82, 2.24) is 9.13 Å². The molecule has 4 rings (SSSR count). The fourth-order valence-corrected chi connectivity index (χ4v) is 4.90. The maximum atomic E-state index is 14.4. The van der Waals surface area contributed by atoms with Crippen LogP contribution in [0.15, 0.2) is 65.5 Å². The molecule has 0 aliphatic rings. The second-order valence-electron chi connectivity index (χ2n) is 9.48. The van der Waals surface area contributed by atoms with E-state index >= 15 is 0 Å². The van der Waals surface area contributed by atoms with Crippen molar-refractivity contribution in [3.8, 4) is 5.75 Å². The Morgan fingerprint density at radius 1 is 0.976 bits per heavy atom. The van der Waals surface area contributed by atoms with Gasteiger partial charge in [-0.1, -0.05) is 0 Å². The summed E-state index contributed by atoms with van der Waals surface area (Å²) in [5.74, 6) is -1.69. The van der Waals surface area contributed by atoms with Gasteiger partial charge < -0.3 is 20.3 Å². The number of hydrogen-bond donors (Lipinski definition) is 1. The van der Waals surface area contributed by atoms with E-state index in [0.29, 0.717) is 22.5 Å². The average Bonchev–Trinajstić information content (AvgIpc) is 3.21. The Bertz CT molecular complexity index is 1690. The number of nitrogens with two attached hydrogens (primary N) is 1. The third-order valence-corrected chi connectivity index (χ3v) is 6.98. The molecular weight excluding hydrogens is 547 g/mol. The maximum Gasteiger partial charge on any atom is 0.329 e. The summed E-state index contributed by atoms with van der Waals surface area (Å²) in [6.45, 7) is 4.50. The van der Waals surface area contributed by atoms with E-state index in [1.165, 1.54) is 46.9 Å². The van der Waals surface area contributed by atoms with Crippen molar-refractivity contribution >= 4 is 39.9 Å². The topological polar surface area (TPSA) is 146 Å². The number of hydrogen-bond acceptors (Lipinski definition) is 7. The number of carbonyl (C=O) groups is 2. The lowest BCUT2D eigenvalue weighted by Crippen LogP contribution is -2.42. The number of halogens is 1. The van der Waals surface area contributed by atoms with Gasteiger partial charge in [0.15, 0.2) is 0 Å². The predicted octanol–water partition coefficient (Wildman–Crippen LogP) is 3.27. The van der Waals surface area contributed by atoms with E-state index in [2.05, 4.69) is 4.90 Å². The molecule has 1 heterocycles. The van der Waals surface area contributed by atoms with Gasteiger partial charge in [0.1, 0.15) is 24.7 Å². The van der Waals surface area contributed by atoms with Gasteiger partial charge >= 0.3 is 5.69 Å². The van der Waals surface area contributed by atoms with Crippen molar-refractivity contribution in [2.45, 2.75) is 26.9 Å². The number of imidazole rings is 1. The molecule has 0 atom stereocenters. The van der Waals surface area contributed by atoms with Crippen molar-refractivity contribution in [3.63, 3.8) is 0 Å². The van der Waals surface area contributed by atoms with E-state index in [1.54, 1.807) is 12.1 Å². The van der Waals surface area contributed by atoms with Gasteiger partial charge in [-0.2, -0.15) is 0 Å². The van der Waals surface area contributed by atoms with Crippen molar-refractivity contribution in [2.24, 2.45) is 5.73 Å². The third-order valence-electron chi connectivity index (χ3n) is 6.98. The Balaban J connectivity index is 1.75. The number of amides is 2. The lowest BCUT2D eigenvalue weighted by atomic mass is 10.1. The first-order chi connectivity index (χ1) is 20.1. The molecule has 0 aliphatic heterocycles. The number of carbonyl (C=O) groups excluding carboxylic acids is 2. The first-order valence-electron chi connectivity index (χ1n) is 13.2. The molecule has 4 aromatic rings. The van der Waals surface area contributed by atoms with E-state index in [-0.39, 0.29) is 17.7 Å². The van der Waals surface area contributed by atoms with E-state index in [0.717, 1.165) is 29.4 Å². The molecule has 0 aliphatic carbocycles. The molecular formula is C29H31FN6O6. The molecule has 2 N–H and O–H groups in total. The van der Waals surface area contributed by atoms with E-state index in [9.17, 15) is 28.9 Å². The fraction of sp³-hybridized carbons (Fsp3) is 0.276. The quantitative estimate of drug-likeness (QED) is 0.201. The van der Waals surface area contributed by atoms with E-state index in [1.807, 2.05) is 26.0 Å². The molecule has 220 valence electrons. The van der Waals surface area contributed by atoms with Gasteiger partial charge in [-0.05, 0) is 62.4 Å². The molecule has 0 spiro atoms. The van der Waals surface area contributed by atoms with Gasteiger partial charge in [0.25, 0.3) is 5.69 Å². The number of fused-ring (bicyclic) bond motifs is 1. The number of methoxy groups -OCH3 is 1. The highest BCUT2D eigenvalue weighted by Crippen LogP contribution is 2.27. The summed E-state index contributed by atoms with van der Waals surface area (Å²) in [5, 5.41) is 11.4. The van der Waals surface area contributed by atoms with Crippen LogP contribution in [-0.2, 0) is 22.7 Å². The van der Waals surface area contributed by atoms with Crippen molar-refractivity contribution in [3.05, 3.63) is 92.6 Å². The summed E-state index contributed by atoms with van der Waals surface area (Å²) in [6, 6.07) is 14.7. The number of anilines is 2. The largest absolute Gasteiger partial charge is 0.496 e. The van der Waals surface area contributed by atoms with Crippen LogP contribution in [0.25, 0.3) is 11.0 Å². The first kappa shape index (κ1) is 29.8. The molecule has 0 bridgehead atoms. The SMILES string of the molecule is CCN(CC)c1ccc(N(CC(N)=O)C(=O)Cn2c(=O)n(Cc3cc([N+](=O)[O-])ccc3OC)c3ccc(F)cc32)cc1. The Morgan fingerprint density at radius 2 is 1.64 bits per heavy atom. The number of benzene rings is 3. The van der Waals surface area contributed by atoms with Crippen LogP contribution in [0.2, 0.25) is 0 Å². The summed E-state index contributed by atoms with van der Waals surface area (Å²) in [5.41, 5.74) is 6.70. The second kappa shape index (κ2) is 12.5. The van der Waals surface area contributed by atoms with Crippen LogP contribution >= 0.6 is 0 Å². The smallest absolute Gasteiger partial charge is 0.329 e. The highest BCUT2D eigenvalue weighted by Gasteiger charge is 2.23. The molecule has 13 heteroatoms.